The van der Waals surface area contributed by atoms with E-state index in [1.165, 1.54) is 17.9 Å². The van der Waals surface area contributed by atoms with Crippen molar-refractivity contribution in [2.75, 3.05) is 11.5 Å². The SMILES string of the molecule is CC1(C)CSCCC1N. The minimum absolute atomic E-state index is 0.378. The monoisotopic (exact) mass is 145 g/mol. The molecule has 1 saturated heterocycles. The highest BCUT2D eigenvalue weighted by atomic mass is 32.2. The van der Waals surface area contributed by atoms with E-state index in [0.29, 0.717) is 11.5 Å². The average Bonchev–Trinajstić information content (AvgIpc) is 1.77. The van der Waals surface area contributed by atoms with E-state index in [0.717, 1.165) is 0 Å². The lowest BCUT2D eigenvalue weighted by Crippen LogP contribution is -2.42. The predicted octanol–water partition coefficient (Wildman–Crippen LogP) is 1.48. The molecule has 0 radical (unpaired) electrons. The van der Waals surface area contributed by atoms with Crippen molar-refractivity contribution in [3.8, 4) is 0 Å². The quantitative estimate of drug-likeness (QED) is 0.558. The Morgan fingerprint density at radius 1 is 1.56 bits per heavy atom. The zero-order valence-electron chi connectivity index (χ0n) is 6.18. The van der Waals surface area contributed by atoms with Crippen molar-refractivity contribution in [1.29, 1.82) is 0 Å². The minimum atomic E-state index is 0.378. The third-order valence-electron chi connectivity index (χ3n) is 2.05. The molecule has 0 aromatic carbocycles. The van der Waals surface area contributed by atoms with Gasteiger partial charge < -0.3 is 5.73 Å². The molecular formula is C7H15NS. The van der Waals surface area contributed by atoms with Gasteiger partial charge in [0.2, 0.25) is 0 Å². The third kappa shape index (κ3) is 1.62. The van der Waals surface area contributed by atoms with E-state index in [2.05, 4.69) is 13.8 Å². The van der Waals surface area contributed by atoms with E-state index < -0.39 is 0 Å². The van der Waals surface area contributed by atoms with Gasteiger partial charge in [0, 0.05) is 6.04 Å². The molecule has 1 heterocycles. The number of hydrogen-bond donors (Lipinski definition) is 1. The van der Waals surface area contributed by atoms with Crippen molar-refractivity contribution in [3.05, 3.63) is 0 Å². The molecule has 9 heavy (non-hydrogen) atoms. The van der Waals surface area contributed by atoms with Gasteiger partial charge in [-0.05, 0) is 23.3 Å². The van der Waals surface area contributed by atoms with Crippen molar-refractivity contribution in [1.82, 2.24) is 0 Å². The van der Waals surface area contributed by atoms with Gasteiger partial charge in [0.25, 0.3) is 0 Å². The highest BCUT2D eigenvalue weighted by Gasteiger charge is 2.29. The first-order valence-corrected chi connectivity index (χ1v) is 4.62. The Balaban J connectivity index is 2.49. The Bertz CT molecular complexity index is 101. The smallest absolute Gasteiger partial charge is 0.0106 e. The van der Waals surface area contributed by atoms with Crippen molar-refractivity contribution in [3.63, 3.8) is 0 Å². The second-order valence-corrected chi connectivity index (χ2v) is 4.54. The normalized spacial score (nSPS) is 34.3. The maximum Gasteiger partial charge on any atom is 0.0106 e. The van der Waals surface area contributed by atoms with Crippen LogP contribution in [0.4, 0.5) is 0 Å². The molecule has 2 heteroatoms. The summed E-state index contributed by atoms with van der Waals surface area (Å²) in [6.45, 7) is 4.51. The standard InChI is InChI=1S/C7H15NS/c1-7(2)5-9-4-3-6(7)8/h6H,3-5,8H2,1-2H3. The highest BCUT2D eigenvalue weighted by Crippen LogP contribution is 2.31. The van der Waals surface area contributed by atoms with Crippen LogP contribution >= 0.6 is 11.8 Å². The van der Waals surface area contributed by atoms with Gasteiger partial charge in [-0.2, -0.15) is 11.8 Å². The third-order valence-corrected chi connectivity index (χ3v) is 3.52. The average molecular weight is 145 g/mol. The number of rotatable bonds is 0. The zero-order valence-corrected chi connectivity index (χ0v) is 7.00. The highest BCUT2D eigenvalue weighted by molar-refractivity contribution is 7.99. The fraction of sp³-hybridized carbons (Fsp3) is 1.00. The summed E-state index contributed by atoms with van der Waals surface area (Å²) in [5.74, 6) is 2.48. The van der Waals surface area contributed by atoms with E-state index >= 15 is 0 Å². The minimum Gasteiger partial charge on any atom is -0.327 e. The lowest BCUT2D eigenvalue weighted by molar-refractivity contribution is 0.314. The van der Waals surface area contributed by atoms with Crippen molar-refractivity contribution in [2.24, 2.45) is 11.1 Å². The van der Waals surface area contributed by atoms with E-state index in [1.807, 2.05) is 11.8 Å². The molecule has 1 unspecified atom stereocenters. The molecule has 1 aliphatic heterocycles. The summed E-state index contributed by atoms with van der Waals surface area (Å²) in [4.78, 5) is 0. The summed E-state index contributed by atoms with van der Waals surface area (Å²) >= 11 is 2.03. The maximum atomic E-state index is 5.90. The molecule has 0 amide bonds. The molecule has 1 nitrogen and oxygen atoms in total. The summed E-state index contributed by atoms with van der Waals surface area (Å²) < 4.78 is 0. The van der Waals surface area contributed by atoms with Crippen LogP contribution in [0.15, 0.2) is 0 Å². The fourth-order valence-corrected chi connectivity index (χ4v) is 2.35. The Morgan fingerprint density at radius 2 is 2.22 bits per heavy atom. The van der Waals surface area contributed by atoms with Gasteiger partial charge in [0.15, 0.2) is 0 Å². The molecular weight excluding hydrogens is 130 g/mol. The number of nitrogens with two attached hydrogens (primary N) is 1. The predicted molar refractivity (Wildman–Crippen MR) is 43.7 cm³/mol. The first-order valence-electron chi connectivity index (χ1n) is 3.46. The molecule has 1 fully saturated rings. The number of hydrogen-bond acceptors (Lipinski definition) is 2. The zero-order chi connectivity index (χ0) is 6.91. The van der Waals surface area contributed by atoms with Gasteiger partial charge >= 0.3 is 0 Å². The lowest BCUT2D eigenvalue weighted by Gasteiger charge is -2.35. The molecule has 0 spiro atoms. The van der Waals surface area contributed by atoms with Crippen LogP contribution in [0, 0.1) is 5.41 Å². The molecule has 0 aromatic rings. The second-order valence-electron chi connectivity index (χ2n) is 3.44. The Labute approximate surface area is 61.4 Å². The van der Waals surface area contributed by atoms with Gasteiger partial charge in [-0.15, -0.1) is 0 Å². The topological polar surface area (TPSA) is 26.0 Å². The van der Waals surface area contributed by atoms with E-state index in [9.17, 15) is 0 Å². The Kier molecular flexibility index (Phi) is 2.07. The van der Waals surface area contributed by atoms with Gasteiger partial charge in [0.05, 0.1) is 0 Å². The van der Waals surface area contributed by atoms with Crippen molar-refractivity contribution in [2.45, 2.75) is 26.3 Å². The molecule has 0 saturated carbocycles. The molecule has 1 rings (SSSR count). The van der Waals surface area contributed by atoms with Gasteiger partial charge in [-0.3, -0.25) is 0 Å². The van der Waals surface area contributed by atoms with Crippen LogP contribution < -0.4 is 5.73 Å². The van der Waals surface area contributed by atoms with Crippen LogP contribution in [0.5, 0.6) is 0 Å². The Morgan fingerprint density at radius 3 is 2.56 bits per heavy atom. The number of thioether (sulfide) groups is 1. The van der Waals surface area contributed by atoms with Crippen LogP contribution in [0.3, 0.4) is 0 Å². The van der Waals surface area contributed by atoms with Crippen LogP contribution in [0.25, 0.3) is 0 Å². The fourth-order valence-electron chi connectivity index (χ4n) is 1.04. The van der Waals surface area contributed by atoms with E-state index in [1.54, 1.807) is 0 Å². The van der Waals surface area contributed by atoms with Crippen molar-refractivity contribution < 1.29 is 0 Å². The van der Waals surface area contributed by atoms with Gasteiger partial charge in [-0.1, -0.05) is 13.8 Å². The molecule has 0 bridgehead atoms. The van der Waals surface area contributed by atoms with Crippen LogP contribution in [0.1, 0.15) is 20.3 Å². The summed E-state index contributed by atoms with van der Waals surface area (Å²) in [7, 11) is 0. The summed E-state index contributed by atoms with van der Waals surface area (Å²) in [5.41, 5.74) is 6.28. The van der Waals surface area contributed by atoms with Crippen LogP contribution in [-0.4, -0.2) is 17.5 Å². The Hall–Kier alpha value is 0.310. The maximum absolute atomic E-state index is 5.90. The van der Waals surface area contributed by atoms with Crippen LogP contribution in [0.2, 0.25) is 0 Å². The van der Waals surface area contributed by atoms with Crippen molar-refractivity contribution >= 4 is 11.8 Å². The summed E-state index contributed by atoms with van der Waals surface area (Å²) in [5, 5.41) is 0. The van der Waals surface area contributed by atoms with Crippen LogP contribution in [-0.2, 0) is 0 Å². The summed E-state index contributed by atoms with van der Waals surface area (Å²) in [6, 6.07) is 0.429. The second kappa shape index (κ2) is 2.51. The molecule has 1 aliphatic rings. The molecule has 1 atom stereocenters. The lowest BCUT2D eigenvalue weighted by atomic mass is 9.85. The van der Waals surface area contributed by atoms with Gasteiger partial charge in [-0.25, -0.2) is 0 Å². The molecule has 54 valence electrons. The van der Waals surface area contributed by atoms with E-state index in [4.69, 9.17) is 5.73 Å². The first kappa shape index (κ1) is 7.42. The molecule has 0 aliphatic carbocycles. The largest absolute Gasteiger partial charge is 0.327 e. The van der Waals surface area contributed by atoms with Gasteiger partial charge in [0.1, 0.15) is 0 Å². The summed E-state index contributed by atoms with van der Waals surface area (Å²) in [6.07, 6.45) is 1.19. The first-order chi connectivity index (χ1) is 4.13. The molecule has 0 aromatic heterocycles. The van der Waals surface area contributed by atoms with E-state index in [-0.39, 0.29) is 0 Å². The molecule has 2 N–H and O–H groups in total.